The molecule has 0 spiro atoms. The van der Waals surface area contributed by atoms with Crippen LogP contribution in [0.3, 0.4) is 0 Å². The number of pyridine rings is 1. The normalized spacial score (nSPS) is 14.1. The van der Waals surface area contributed by atoms with E-state index in [0.717, 1.165) is 28.7 Å². The number of alkyl halides is 3. The highest BCUT2D eigenvalue weighted by Gasteiger charge is 2.40. The molecule has 11 heteroatoms. The Bertz CT molecular complexity index is 1520. The zero-order valence-corrected chi connectivity index (χ0v) is 21.8. The van der Waals surface area contributed by atoms with Gasteiger partial charge in [0.05, 0.1) is 5.69 Å². The monoisotopic (exact) mass is 552 g/mol. The first-order chi connectivity index (χ1) is 19.0. The van der Waals surface area contributed by atoms with Crippen LogP contribution in [0.4, 0.5) is 19.0 Å². The van der Waals surface area contributed by atoms with E-state index in [1.165, 1.54) is 12.1 Å². The fourth-order valence-corrected chi connectivity index (χ4v) is 4.37. The molecule has 208 valence electrons. The number of benzene rings is 2. The maximum atomic E-state index is 13.6. The zero-order chi connectivity index (χ0) is 29.0. The number of hydrogen-bond acceptors (Lipinski definition) is 6. The highest BCUT2D eigenvalue weighted by Crippen LogP contribution is 2.33. The number of rotatable bonds is 7. The second kappa shape index (κ2) is 11.6. The van der Waals surface area contributed by atoms with Gasteiger partial charge in [-0.15, -0.1) is 0 Å². The topological polar surface area (TPSA) is 118 Å². The molecule has 3 aromatic rings. The smallest absolute Gasteiger partial charge is 0.434 e. The van der Waals surface area contributed by atoms with E-state index in [1.807, 2.05) is 25.1 Å². The van der Waals surface area contributed by atoms with E-state index in [9.17, 15) is 22.8 Å². The summed E-state index contributed by atoms with van der Waals surface area (Å²) in [6.07, 6.45) is -3.97. The van der Waals surface area contributed by atoms with E-state index in [1.54, 1.807) is 30.0 Å². The molecule has 0 radical (unpaired) electrons. The van der Waals surface area contributed by atoms with E-state index in [2.05, 4.69) is 16.0 Å². The minimum atomic E-state index is -5.07. The van der Waals surface area contributed by atoms with Crippen LogP contribution in [0, 0.1) is 6.92 Å². The predicted octanol–water partition coefficient (Wildman–Crippen LogP) is 5.10. The van der Waals surface area contributed by atoms with Gasteiger partial charge in [0.1, 0.15) is 17.9 Å². The van der Waals surface area contributed by atoms with Crippen LogP contribution in [0.1, 0.15) is 29.2 Å². The van der Waals surface area contributed by atoms with E-state index in [-0.39, 0.29) is 18.3 Å². The molecule has 2 aromatic carbocycles. The van der Waals surface area contributed by atoms with Gasteiger partial charge in [-0.1, -0.05) is 35.9 Å². The average molecular weight is 553 g/mol. The van der Waals surface area contributed by atoms with Crippen molar-refractivity contribution in [3.05, 3.63) is 88.6 Å². The Kier molecular flexibility index (Phi) is 8.22. The number of aliphatic carboxylic acids is 1. The molecule has 0 saturated carbocycles. The largest absolute Gasteiger partial charge is 0.488 e. The van der Waals surface area contributed by atoms with Gasteiger partial charge in [0, 0.05) is 31.8 Å². The summed E-state index contributed by atoms with van der Waals surface area (Å²) >= 11 is 0. The quantitative estimate of drug-likeness (QED) is 0.311. The third-order valence-electron chi connectivity index (χ3n) is 6.42. The Hall–Kier alpha value is -4.67. The summed E-state index contributed by atoms with van der Waals surface area (Å²) in [5.74, 6) is -1.69. The second-order valence-corrected chi connectivity index (χ2v) is 9.31. The number of carbonyl (C=O) groups is 2. The highest BCUT2D eigenvalue weighted by atomic mass is 19.4. The number of fused-ring (bicyclic) bond motifs is 1. The SMILES string of the molecule is CC(=O)N1CCc2cc(COc3ccc(C)cc3-c3cccc(N=C(C(=CN)C(=O)O)C(F)(F)F)n3)ccc2C1. The van der Waals surface area contributed by atoms with Crippen LogP contribution in [-0.2, 0) is 29.2 Å². The number of carbonyl (C=O) groups excluding carboxylic acids is 1. The number of aliphatic imine (C=N–C) groups is 1. The van der Waals surface area contributed by atoms with E-state index in [0.29, 0.717) is 36.3 Å². The number of amides is 1. The van der Waals surface area contributed by atoms with Crippen LogP contribution >= 0.6 is 0 Å². The standard InChI is InChI=1S/C29H27F3N4O4/c1-17-6-9-25(40-16-19-7-8-21-15-36(18(2)37)11-10-20(21)13-19)22(12-17)24-4-3-5-26(34-24)35-27(29(30,31)32)23(14-33)28(38)39/h3-9,12-14H,10-11,15-16,33H2,1-2H3,(H,38,39). The first kappa shape index (κ1) is 28.3. The van der Waals surface area contributed by atoms with E-state index < -0.39 is 23.4 Å². The molecule has 4 rings (SSSR count). The molecule has 1 aliphatic rings. The molecule has 0 fully saturated rings. The molecule has 1 amide bonds. The Morgan fingerprint density at radius 1 is 1.15 bits per heavy atom. The van der Waals surface area contributed by atoms with Gasteiger partial charge in [-0.3, -0.25) is 4.79 Å². The van der Waals surface area contributed by atoms with E-state index in [4.69, 9.17) is 15.6 Å². The van der Waals surface area contributed by atoms with Crippen molar-refractivity contribution < 1.29 is 32.6 Å². The summed E-state index contributed by atoms with van der Waals surface area (Å²) in [5, 5.41) is 9.15. The van der Waals surface area contributed by atoms with Gasteiger partial charge in [-0.2, -0.15) is 13.2 Å². The Labute approximate surface area is 228 Å². The molecule has 0 atom stereocenters. The lowest BCUT2D eigenvalue weighted by Gasteiger charge is -2.28. The minimum absolute atomic E-state index is 0.0427. The molecular weight excluding hydrogens is 525 g/mol. The summed E-state index contributed by atoms with van der Waals surface area (Å²) in [4.78, 5) is 32.6. The number of aromatic nitrogens is 1. The molecule has 0 saturated heterocycles. The van der Waals surface area contributed by atoms with Gasteiger partial charge in [-0.05, 0) is 54.3 Å². The van der Waals surface area contributed by atoms with Crippen molar-refractivity contribution in [1.82, 2.24) is 9.88 Å². The summed E-state index contributed by atoms with van der Waals surface area (Å²) in [6, 6.07) is 15.7. The van der Waals surface area contributed by atoms with Crippen LogP contribution < -0.4 is 10.5 Å². The fourth-order valence-electron chi connectivity index (χ4n) is 4.37. The van der Waals surface area contributed by atoms with Gasteiger partial charge in [0.15, 0.2) is 11.5 Å². The van der Waals surface area contributed by atoms with Gasteiger partial charge < -0.3 is 20.5 Å². The Balaban J connectivity index is 1.62. The van der Waals surface area contributed by atoms with E-state index >= 15 is 0 Å². The first-order valence-electron chi connectivity index (χ1n) is 12.3. The third-order valence-corrected chi connectivity index (χ3v) is 6.42. The zero-order valence-electron chi connectivity index (χ0n) is 21.8. The van der Waals surface area contributed by atoms with Crippen molar-refractivity contribution in [2.24, 2.45) is 10.7 Å². The molecule has 0 unspecified atom stereocenters. The summed E-state index contributed by atoms with van der Waals surface area (Å²) < 4.78 is 47.0. The van der Waals surface area contributed by atoms with Crippen LogP contribution in [-0.4, -0.2) is 45.3 Å². The molecule has 1 aromatic heterocycles. The van der Waals surface area contributed by atoms with Crippen LogP contribution in [0.25, 0.3) is 11.3 Å². The minimum Gasteiger partial charge on any atom is -0.488 e. The summed E-state index contributed by atoms with van der Waals surface area (Å²) in [6.45, 7) is 4.88. The molecule has 40 heavy (non-hydrogen) atoms. The van der Waals surface area contributed by atoms with Gasteiger partial charge in [0.2, 0.25) is 5.91 Å². The number of halogens is 3. The summed E-state index contributed by atoms with van der Waals surface area (Å²) in [7, 11) is 0. The third kappa shape index (κ3) is 6.48. The van der Waals surface area contributed by atoms with Crippen molar-refractivity contribution in [3.63, 3.8) is 0 Å². The number of nitrogens with zero attached hydrogens (tertiary/aromatic N) is 3. The number of carboxylic acids is 1. The number of hydrogen-bond donors (Lipinski definition) is 2. The lowest BCUT2D eigenvalue weighted by Crippen LogP contribution is -2.34. The maximum absolute atomic E-state index is 13.6. The van der Waals surface area contributed by atoms with Crippen molar-refractivity contribution in [2.75, 3.05) is 6.54 Å². The number of nitrogens with two attached hydrogens (primary N) is 1. The molecule has 0 aliphatic carbocycles. The fraction of sp³-hybridized carbons (Fsp3) is 0.241. The number of ether oxygens (including phenoxy) is 1. The lowest BCUT2D eigenvalue weighted by molar-refractivity contribution is -0.132. The molecule has 1 aliphatic heterocycles. The van der Waals surface area contributed by atoms with Gasteiger partial charge >= 0.3 is 12.1 Å². The highest BCUT2D eigenvalue weighted by molar-refractivity contribution is 6.21. The molecule has 2 heterocycles. The summed E-state index contributed by atoms with van der Waals surface area (Å²) in [5.41, 5.74) is 7.18. The van der Waals surface area contributed by atoms with Crippen molar-refractivity contribution in [2.45, 2.75) is 39.6 Å². The van der Waals surface area contributed by atoms with Gasteiger partial charge in [0.25, 0.3) is 0 Å². The predicted molar refractivity (Wildman–Crippen MR) is 143 cm³/mol. The van der Waals surface area contributed by atoms with Crippen molar-refractivity contribution in [1.29, 1.82) is 0 Å². The molecular formula is C29H27F3N4O4. The molecule has 3 N–H and O–H groups in total. The van der Waals surface area contributed by atoms with Crippen LogP contribution in [0.15, 0.2) is 71.4 Å². The Morgan fingerprint density at radius 2 is 1.93 bits per heavy atom. The van der Waals surface area contributed by atoms with Crippen molar-refractivity contribution >= 4 is 23.4 Å². The van der Waals surface area contributed by atoms with Crippen LogP contribution in [0.5, 0.6) is 5.75 Å². The maximum Gasteiger partial charge on any atom is 0.434 e. The average Bonchev–Trinajstić information content (AvgIpc) is 2.91. The Morgan fingerprint density at radius 3 is 2.60 bits per heavy atom. The number of aryl methyl sites for hydroxylation is 1. The molecule has 8 nitrogen and oxygen atoms in total. The van der Waals surface area contributed by atoms with Gasteiger partial charge in [-0.25, -0.2) is 14.8 Å². The number of carboxylic acid groups (broad SMARTS) is 1. The molecule has 0 bridgehead atoms. The lowest BCUT2D eigenvalue weighted by atomic mass is 9.97. The second-order valence-electron chi connectivity index (χ2n) is 9.31. The van der Waals surface area contributed by atoms with Crippen LogP contribution in [0.2, 0.25) is 0 Å². The van der Waals surface area contributed by atoms with Crippen molar-refractivity contribution in [3.8, 4) is 17.0 Å². The first-order valence-corrected chi connectivity index (χ1v) is 12.3.